The van der Waals surface area contributed by atoms with Crippen molar-refractivity contribution in [3.8, 4) is 0 Å². The zero-order valence-electron chi connectivity index (χ0n) is 11.4. The molecule has 20 heavy (non-hydrogen) atoms. The highest BCUT2D eigenvalue weighted by atomic mass is 19.1. The van der Waals surface area contributed by atoms with Crippen molar-refractivity contribution in [2.75, 3.05) is 5.32 Å². The summed E-state index contributed by atoms with van der Waals surface area (Å²) in [5.41, 5.74) is 2.29. The van der Waals surface area contributed by atoms with Gasteiger partial charge >= 0.3 is 6.03 Å². The van der Waals surface area contributed by atoms with Crippen molar-refractivity contribution in [3.05, 3.63) is 47.5 Å². The fraction of sp³-hybridized carbons (Fsp3) is 0.286. The van der Waals surface area contributed by atoms with Crippen LogP contribution in [0, 0.1) is 12.7 Å². The van der Waals surface area contributed by atoms with Crippen molar-refractivity contribution in [2.24, 2.45) is 0 Å². The number of amides is 2. The Kier molecular flexibility index (Phi) is 4.34. The number of rotatable bonds is 4. The van der Waals surface area contributed by atoms with E-state index in [0.717, 1.165) is 11.4 Å². The number of carbonyl (C=O) groups is 1. The zero-order valence-corrected chi connectivity index (χ0v) is 11.4. The minimum absolute atomic E-state index is 0.0775. The number of nitrogens with one attached hydrogen (secondary N) is 3. The molecule has 0 aliphatic heterocycles. The number of anilines is 1. The Balaban J connectivity index is 1.84. The molecule has 0 fully saturated rings. The highest BCUT2D eigenvalue weighted by Crippen LogP contribution is 2.09. The lowest BCUT2D eigenvalue weighted by Crippen LogP contribution is -2.37. The van der Waals surface area contributed by atoms with Crippen LogP contribution < -0.4 is 10.6 Å². The Morgan fingerprint density at radius 2 is 2.25 bits per heavy atom. The van der Waals surface area contributed by atoms with Gasteiger partial charge in [0.25, 0.3) is 0 Å². The first-order chi connectivity index (χ1) is 9.52. The Morgan fingerprint density at radius 1 is 1.45 bits per heavy atom. The summed E-state index contributed by atoms with van der Waals surface area (Å²) < 4.78 is 13.0. The molecule has 106 valence electrons. The number of carbonyl (C=O) groups excluding carboxylic acids is 1. The van der Waals surface area contributed by atoms with Gasteiger partial charge in [0.2, 0.25) is 0 Å². The van der Waals surface area contributed by atoms with Crippen molar-refractivity contribution in [1.82, 2.24) is 15.5 Å². The maximum atomic E-state index is 13.0. The Hall–Kier alpha value is -2.37. The average molecular weight is 276 g/mol. The number of hydrogen-bond donors (Lipinski definition) is 3. The molecule has 0 radical (unpaired) electrons. The lowest BCUT2D eigenvalue weighted by Gasteiger charge is -2.13. The molecule has 0 aliphatic carbocycles. The molecule has 6 heteroatoms. The first-order valence-corrected chi connectivity index (χ1v) is 6.37. The van der Waals surface area contributed by atoms with E-state index in [1.807, 2.05) is 19.9 Å². The number of aryl methyl sites for hydroxylation is 1. The Morgan fingerprint density at radius 3 is 2.90 bits per heavy atom. The van der Waals surface area contributed by atoms with Crippen LogP contribution in [0.2, 0.25) is 0 Å². The molecule has 0 spiro atoms. The molecule has 0 bridgehead atoms. The summed E-state index contributed by atoms with van der Waals surface area (Å²) in [4.78, 5) is 11.8. The number of benzene rings is 1. The molecule has 0 saturated carbocycles. The minimum Gasteiger partial charge on any atom is -0.335 e. The van der Waals surface area contributed by atoms with Crippen molar-refractivity contribution >= 4 is 11.7 Å². The van der Waals surface area contributed by atoms with Gasteiger partial charge in [-0.1, -0.05) is 6.07 Å². The van der Waals surface area contributed by atoms with Gasteiger partial charge < -0.3 is 10.6 Å². The maximum Gasteiger partial charge on any atom is 0.319 e. The zero-order chi connectivity index (χ0) is 14.5. The maximum absolute atomic E-state index is 13.0. The molecule has 1 heterocycles. The number of hydrogen-bond acceptors (Lipinski definition) is 2. The van der Waals surface area contributed by atoms with E-state index in [-0.39, 0.29) is 17.9 Å². The number of nitrogens with zero attached hydrogens (tertiary/aromatic N) is 1. The summed E-state index contributed by atoms with van der Waals surface area (Å²) in [6, 6.07) is 7.25. The summed E-state index contributed by atoms with van der Waals surface area (Å²) in [6.07, 6.45) is 0.626. The molecule has 0 aliphatic rings. The monoisotopic (exact) mass is 276 g/mol. The van der Waals surface area contributed by atoms with Gasteiger partial charge in [-0.3, -0.25) is 5.10 Å². The van der Waals surface area contributed by atoms with Gasteiger partial charge in [0.1, 0.15) is 5.82 Å². The van der Waals surface area contributed by atoms with E-state index < -0.39 is 0 Å². The standard InChI is InChI=1S/C14H17FN4O/c1-9(6-13-7-10(2)18-19-13)16-14(20)17-12-5-3-4-11(15)8-12/h3-5,7-9H,6H2,1-2H3,(H,18,19)(H2,16,17,20)/t9-/m0/s1. The van der Waals surface area contributed by atoms with E-state index in [4.69, 9.17) is 0 Å². The topological polar surface area (TPSA) is 69.8 Å². The van der Waals surface area contributed by atoms with Crippen molar-refractivity contribution in [3.63, 3.8) is 0 Å². The highest BCUT2D eigenvalue weighted by Gasteiger charge is 2.10. The third-order valence-electron chi connectivity index (χ3n) is 2.73. The van der Waals surface area contributed by atoms with Crippen LogP contribution in [-0.2, 0) is 6.42 Å². The summed E-state index contributed by atoms with van der Waals surface area (Å²) in [5, 5.41) is 12.3. The fourth-order valence-corrected chi connectivity index (χ4v) is 1.90. The van der Waals surface area contributed by atoms with Crippen LogP contribution in [0.4, 0.5) is 14.9 Å². The predicted molar refractivity (Wildman–Crippen MR) is 75.0 cm³/mol. The Labute approximate surface area is 116 Å². The van der Waals surface area contributed by atoms with E-state index in [0.29, 0.717) is 12.1 Å². The first kappa shape index (κ1) is 14.0. The fourth-order valence-electron chi connectivity index (χ4n) is 1.90. The number of aromatic nitrogens is 2. The normalized spacial score (nSPS) is 11.9. The van der Waals surface area contributed by atoms with Gasteiger partial charge in [0, 0.05) is 23.8 Å². The molecular formula is C14H17FN4O. The first-order valence-electron chi connectivity index (χ1n) is 6.37. The van der Waals surface area contributed by atoms with Crippen LogP contribution in [0.15, 0.2) is 30.3 Å². The van der Waals surface area contributed by atoms with Crippen LogP contribution in [0.3, 0.4) is 0 Å². The van der Waals surface area contributed by atoms with E-state index >= 15 is 0 Å². The van der Waals surface area contributed by atoms with Crippen LogP contribution in [0.5, 0.6) is 0 Å². The predicted octanol–water partition coefficient (Wildman–Crippen LogP) is 2.61. The van der Waals surface area contributed by atoms with E-state index in [9.17, 15) is 9.18 Å². The van der Waals surface area contributed by atoms with Gasteiger partial charge in [-0.25, -0.2) is 9.18 Å². The van der Waals surface area contributed by atoms with Crippen molar-refractivity contribution < 1.29 is 9.18 Å². The average Bonchev–Trinajstić information content (AvgIpc) is 2.74. The smallest absolute Gasteiger partial charge is 0.319 e. The lowest BCUT2D eigenvalue weighted by molar-refractivity contribution is 0.249. The van der Waals surface area contributed by atoms with Gasteiger partial charge in [0.15, 0.2) is 0 Å². The van der Waals surface area contributed by atoms with Gasteiger partial charge in [-0.05, 0) is 38.1 Å². The van der Waals surface area contributed by atoms with Gasteiger partial charge in [-0.15, -0.1) is 0 Å². The van der Waals surface area contributed by atoms with E-state index in [1.54, 1.807) is 12.1 Å². The van der Waals surface area contributed by atoms with Crippen LogP contribution >= 0.6 is 0 Å². The lowest BCUT2D eigenvalue weighted by atomic mass is 10.2. The number of H-pyrrole nitrogens is 1. The molecule has 0 unspecified atom stereocenters. The van der Waals surface area contributed by atoms with Gasteiger partial charge in [-0.2, -0.15) is 5.10 Å². The summed E-state index contributed by atoms with van der Waals surface area (Å²) in [6.45, 7) is 3.81. The molecule has 0 saturated heterocycles. The summed E-state index contributed by atoms with van der Waals surface area (Å²) >= 11 is 0. The highest BCUT2D eigenvalue weighted by molar-refractivity contribution is 5.89. The molecule has 3 N–H and O–H groups in total. The van der Waals surface area contributed by atoms with Gasteiger partial charge in [0.05, 0.1) is 5.69 Å². The van der Waals surface area contributed by atoms with Crippen molar-refractivity contribution in [2.45, 2.75) is 26.3 Å². The SMILES string of the molecule is Cc1cc(C[C@H](C)NC(=O)Nc2cccc(F)c2)n[nH]1. The molecule has 2 rings (SSSR count). The Bertz CT molecular complexity index is 596. The van der Waals surface area contributed by atoms with Crippen molar-refractivity contribution in [1.29, 1.82) is 0 Å². The van der Waals surface area contributed by atoms with Crippen LogP contribution in [0.25, 0.3) is 0 Å². The second kappa shape index (κ2) is 6.18. The van der Waals surface area contributed by atoms with Crippen LogP contribution in [-0.4, -0.2) is 22.3 Å². The molecule has 2 aromatic rings. The molecule has 1 aromatic heterocycles. The molecule has 5 nitrogen and oxygen atoms in total. The van der Waals surface area contributed by atoms with Crippen LogP contribution in [0.1, 0.15) is 18.3 Å². The second-order valence-electron chi connectivity index (χ2n) is 4.76. The second-order valence-corrected chi connectivity index (χ2v) is 4.76. The van der Waals surface area contributed by atoms with E-state index in [1.165, 1.54) is 12.1 Å². The molecule has 1 atom stereocenters. The summed E-state index contributed by atoms with van der Waals surface area (Å²) in [7, 11) is 0. The number of urea groups is 1. The largest absolute Gasteiger partial charge is 0.335 e. The number of aromatic amines is 1. The third kappa shape index (κ3) is 4.08. The molecule has 2 amide bonds. The third-order valence-corrected chi connectivity index (χ3v) is 2.73. The molecule has 1 aromatic carbocycles. The number of halogens is 1. The van der Waals surface area contributed by atoms with E-state index in [2.05, 4.69) is 20.8 Å². The quantitative estimate of drug-likeness (QED) is 0.803. The minimum atomic E-state index is -0.386. The summed E-state index contributed by atoms with van der Waals surface area (Å²) in [5.74, 6) is -0.386. The molecular weight excluding hydrogens is 259 g/mol.